The van der Waals surface area contributed by atoms with Crippen molar-refractivity contribution in [3.05, 3.63) is 23.8 Å². The van der Waals surface area contributed by atoms with E-state index in [-0.39, 0.29) is 23.6 Å². The molecule has 2 aliphatic rings. The number of amides is 3. The van der Waals surface area contributed by atoms with Gasteiger partial charge in [0.25, 0.3) is 5.91 Å². The molecule has 0 aliphatic carbocycles. The van der Waals surface area contributed by atoms with E-state index >= 15 is 0 Å². The van der Waals surface area contributed by atoms with Gasteiger partial charge in [0.2, 0.25) is 11.8 Å². The van der Waals surface area contributed by atoms with Crippen molar-refractivity contribution >= 4 is 29.1 Å². The van der Waals surface area contributed by atoms with Crippen LogP contribution in [0.4, 0.5) is 11.4 Å². The quantitative estimate of drug-likeness (QED) is 0.846. The number of likely N-dealkylation sites (tertiary alicyclic amines) is 1. The molecule has 3 rings (SSSR count). The highest BCUT2D eigenvalue weighted by Crippen LogP contribution is 2.34. The fourth-order valence-corrected chi connectivity index (χ4v) is 3.71. The summed E-state index contributed by atoms with van der Waals surface area (Å²) in [5, 5.41) is 5.71. The minimum atomic E-state index is -0.721. The Morgan fingerprint density at radius 3 is 2.67 bits per heavy atom. The van der Waals surface area contributed by atoms with Crippen molar-refractivity contribution in [2.45, 2.75) is 45.2 Å². The van der Waals surface area contributed by atoms with Crippen LogP contribution in [-0.4, -0.2) is 49.3 Å². The summed E-state index contributed by atoms with van der Waals surface area (Å²) in [6, 6.07) is 4.46. The predicted molar refractivity (Wildman–Crippen MR) is 104 cm³/mol. The maximum atomic E-state index is 12.9. The highest BCUT2D eigenvalue weighted by atomic mass is 16.2. The number of anilines is 2. The van der Waals surface area contributed by atoms with Gasteiger partial charge in [-0.1, -0.05) is 19.9 Å². The van der Waals surface area contributed by atoms with Gasteiger partial charge in [-0.25, -0.2) is 0 Å². The molecular formula is C20H28N4O3. The molecule has 27 heavy (non-hydrogen) atoms. The first kappa shape index (κ1) is 19.2. The summed E-state index contributed by atoms with van der Waals surface area (Å²) in [5.74, 6) is -0.666. The van der Waals surface area contributed by atoms with Gasteiger partial charge in [-0.05, 0) is 31.4 Å². The Morgan fingerprint density at radius 1 is 1.26 bits per heavy atom. The first-order valence-corrected chi connectivity index (χ1v) is 9.52. The lowest BCUT2D eigenvalue weighted by molar-refractivity contribution is -0.145. The summed E-state index contributed by atoms with van der Waals surface area (Å²) in [4.78, 5) is 41.5. The number of nitrogens with one attached hydrogen (secondary N) is 2. The maximum absolute atomic E-state index is 12.9. The number of hydrogen-bond acceptors (Lipinski definition) is 4. The molecule has 2 heterocycles. The lowest BCUT2D eigenvalue weighted by atomic mass is 9.98. The number of benzene rings is 1. The Balaban J connectivity index is 1.78. The highest BCUT2D eigenvalue weighted by molar-refractivity contribution is 6.05. The van der Waals surface area contributed by atoms with E-state index in [1.54, 1.807) is 4.90 Å². The third-order valence-corrected chi connectivity index (χ3v) is 5.25. The summed E-state index contributed by atoms with van der Waals surface area (Å²) in [6.07, 6.45) is 2.44. The van der Waals surface area contributed by atoms with Gasteiger partial charge in [0, 0.05) is 43.5 Å². The number of nitrogens with zero attached hydrogens (tertiary/aromatic N) is 2. The van der Waals surface area contributed by atoms with Crippen molar-refractivity contribution in [1.82, 2.24) is 10.2 Å². The summed E-state index contributed by atoms with van der Waals surface area (Å²) >= 11 is 0. The van der Waals surface area contributed by atoms with E-state index in [1.165, 1.54) is 0 Å². The van der Waals surface area contributed by atoms with Gasteiger partial charge in [-0.3, -0.25) is 14.4 Å². The number of fused-ring (bicyclic) bond motifs is 1. The van der Waals surface area contributed by atoms with Crippen LogP contribution in [0.1, 0.15) is 44.7 Å². The molecule has 0 unspecified atom stereocenters. The molecule has 7 nitrogen and oxygen atoms in total. The molecular weight excluding hydrogens is 344 g/mol. The zero-order valence-corrected chi connectivity index (χ0v) is 16.4. The number of piperidine rings is 1. The Kier molecular flexibility index (Phi) is 5.39. The Labute approximate surface area is 160 Å². The van der Waals surface area contributed by atoms with Crippen LogP contribution in [0.2, 0.25) is 0 Å². The van der Waals surface area contributed by atoms with E-state index in [0.29, 0.717) is 13.0 Å². The standard InChI is InChI=1S/C20H28N4O3/c1-12(2)20(27)24-10-6-5-7-16(24)18(25)22-17-14-9-8-13(23(3)4)11-15(14)21-19(17)26/h8-9,11-12,16-17H,5-7,10H2,1-4H3,(H,21,26)(H,22,25)/t16-,17-/m0/s1. The Morgan fingerprint density at radius 2 is 2.00 bits per heavy atom. The fourth-order valence-electron chi connectivity index (χ4n) is 3.71. The van der Waals surface area contributed by atoms with Crippen molar-refractivity contribution < 1.29 is 14.4 Å². The van der Waals surface area contributed by atoms with Crippen LogP contribution >= 0.6 is 0 Å². The lowest BCUT2D eigenvalue weighted by Crippen LogP contribution is -2.53. The minimum absolute atomic E-state index is 0.0123. The molecule has 2 N–H and O–H groups in total. The fraction of sp³-hybridized carbons (Fsp3) is 0.550. The van der Waals surface area contributed by atoms with Crippen molar-refractivity contribution in [1.29, 1.82) is 0 Å². The monoisotopic (exact) mass is 372 g/mol. The average molecular weight is 372 g/mol. The van der Waals surface area contributed by atoms with Gasteiger partial charge in [0.05, 0.1) is 0 Å². The van der Waals surface area contributed by atoms with Gasteiger partial charge in [0.1, 0.15) is 12.1 Å². The summed E-state index contributed by atoms with van der Waals surface area (Å²) in [5.41, 5.74) is 2.45. The van der Waals surface area contributed by atoms with Crippen LogP contribution in [-0.2, 0) is 14.4 Å². The molecule has 0 spiro atoms. The Hall–Kier alpha value is -2.57. The molecule has 0 bridgehead atoms. The van der Waals surface area contributed by atoms with Crippen LogP contribution < -0.4 is 15.5 Å². The van der Waals surface area contributed by atoms with E-state index in [1.807, 2.05) is 51.0 Å². The maximum Gasteiger partial charge on any atom is 0.251 e. The number of carbonyl (C=O) groups excluding carboxylic acids is 3. The van der Waals surface area contributed by atoms with E-state index in [0.717, 1.165) is 29.8 Å². The van der Waals surface area contributed by atoms with Gasteiger partial charge < -0.3 is 20.4 Å². The molecule has 7 heteroatoms. The van der Waals surface area contributed by atoms with Crippen LogP contribution in [0.3, 0.4) is 0 Å². The summed E-state index contributed by atoms with van der Waals surface area (Å²) in [7, 11) is 3.86. The molecule has 1 fully saturated rings. The van der Waals surface area contributed by atoms with Gasteiger partial charge >= 0.3 is 0 Å². The second-order valence-electron chi connectivity index (χ2n) is 7.79. The molecule has 1 aromatic rings. The average Bonchev–Trinajstić information content (AvgIpc) is 2.95. The first-order valence-electron chi connectivity index (χ1n) is 9.52. The molecule has 1 saturated heterocycles. The third-order valence-electron chi connectivity index (χ3n) is 5.25. The third kappa shape index (κ3) is 3.77. The number of rotatable bonds is 4. The molecule has 2 atom stereocenters. The van der Waals surface area contributed by atoms with Crippen LogP contribution in [0, 0.1) is 5.92 Å². The molecule has 0 radical (unpaired) electrons. The van der Waals surface area contributed by atoms with Crippen molar-refractivity contribution in [3.63, 3.8) is 0 Å². The first-order chi connectivity index (χ1) is 12.8. The number of carbonyl (C=O) groups is 3. The minimum Gasteiger partial charge on any atom is -0.378 e. The second-order valence-corrected chi connectivity index (χ2v) is 7.79. The zero-order valence-electron chi connectivity index (χ0n) is 16.4. The predicted octanol–water partition coefficient (Wildman–Crippen LogP) is 1.90. The normalized spacial score (nSPS) is 21.7. The zero-order chi connectivity index (χ0) is 19.7. The molecule has 3 amide bonds. The topological polar surface area (TPSA) is 81.8 Å². The van der Waals surface area contributed by atoms with Crippen LogP contribution in [0.5, 0.6) is 0 Å². The summed E-state index contributed by atoms with van der Waals surface area (Å²) < 4.78 is 0. The molecule has 1 aromatic carbocycles. The van der Waals surface area contributed by atoms with Crippen molar-refractivity contribution in [2.75, 3.05) is 30.9 Å². The number of hydrogen-bond donors (Lipinski definition) is 2. The highest BCUT2D eigenvalue weighted by Gasteiger charge is 2.37. The van der Waals surface area contributed by atoms with Crippen LogP contribution in [0.15, 0.2) is 18.2 Å². The lowest BCUT2D eigenvalue weighted by Gasteiger charge is -2.36. The van der Waals surface area contributed by atoms with Gasteiger partial charge in [0.15, 0.2) is 0 Å². The van der Waals surface area contributed by atoms with E-state index < -0.39 is 12.1 Å². The molecule has 0 saturated carbocycles. The summed E-state index contributed by atoms with van der Waals surface area (Å²) in [6.45, 7) is 4.28. The Bertz CT molecular complexity index is 760. The molecule has 146 valence electrons. The molecule has 0 aromatic heterocycles. The van der Waals surface area contributed by atoms with Crippen LogP contribution in [0.25, 0.3) is 0 Å². The van der Waals surface area contributed by atoms with E-state index in [2.05, 4.69) is 10.6 Å². The molecule has 2 aliphatic heterocycles. The smallest absolute Gasteiger partial charge is 0.251 e. The van der Waals surface area contributed by atoms with Gasteiger partial charge in [-0.15, -0.1) is 0 Å². The van der Waals surface area contributed by atoms with Crippen molar-refractivity contribution in [3.8, 4) is 0 Å². The van der Waals surface area contributed by atoms with Crippen molar-refractivity contribution in [2.24, 2.45) is 5.92 Å². The van der Waals surface area contributed by atoms with E-state index in [4.69, 9.17) is 0 Å². The van der Waals surface area contributed by atoms with E-state index in [9.17, 15) is 14.4 Å². The van der Waals surface area contributed by atoms with Gasteiger partial charge in [-0.2, -0.15) is 0 Å². The second kappa shape index (κ2) is 7.58. The SMILES string of the molecule is CC(C)C(=O)N1CCCC[C@H]1C(=O)N[C@@H]1C(=O)Nc2cc(N(C)C)ccc21. The largest absolute Gasteiger partial charge is 0.378 e.